The van der Waals surface area contributed by atoms with Crippen LogP contribution < -0.4 is 11.1 Å². The van der Waals surface area contributed by atoms with Gasteiger partial charge in [0.25, 0.3) is 5.91 Å². The summed E-state index contributed by atoms with van der Waals surface area (Å²) in [6.07, 6.45) is 1.72. The van der Waals surface area contributed by atoms with Crippen LogP contribution in [0.4, 0.5) is 5.69 Å². The van der Waals surface area contributed by atoms with E-state index < -0.39 is 5.97 Å². The van der Waals surface area contributed by atoms with Gasteiger partial charge in [-0.3, -0.25) is 9.59 Å². The Morgan fingerprint density at radius 1 is 1.24 bits per heavy atom. The van der Waals surface area contributed by atoms with Gasteiger partial charge in [-0.05, 0) is 30.5 Å². The lowest BCUT2D eigenvalue weighted by atomic mass is 10.1. The number of esters is 1. The molecule has 0 saturated carbocycles. The minimum absolute atomic E-state index is 0.113. The Labute approximate surface area is 123 Å². The first-order valence-corrected chi connectivity index (χ1v) is 7.00. The molecule has 1 heterocycles. The van der Waals surface area contributed by atoms with Crippen molar-refractivity contribution in [2.45, 2.75) is 25.3 Å². The van der Waals surface area contributed by atoms with E-state index in [9.17, 15) is 9.59 Å². The summed E-state index contributed by atoms with van der Waals surface area (Å²) in [7, 11) is 0. The Bertz CT molecular complexity index is 481. The predicted molar refractivity (Wildman–Crippen MR) is 77.5 cm³/mol. The Morgan fingerprint density at radius 2 is 1.90 bits per heavy atom. The van der Waals surface area contributed by atoms with E-state index in [1.54, 1.807) is 24.3 Å². The quantitative estimate of drug-likeness (QED) is 0.614. The Hall–Kier alpha value is -2.08. The van der Waals surface area contributed by atoms with Gasteiger partial charge in [-0.1, -0.05) is 12.1 Å². The Kier molecular flexibility index (Phi) is 5.57. The highest BCUT2D eigenvalue weighted by atomic mass is 16.5. The third-order valence-corrected chi connectivity index (χ3v) is 3.28. The maximum absolute atomic E-state index is 11.7. The number of nitrogens with two attached hydrogens (primary N) is 1. The van der Waals surface area contributed by atoms with Crippen LogP contribution in [0.3, 0.4) is 0 Å². The number of hydrogen-bond acceptors (Lipinski definition) is 5. The van der Waals surface area contributed by atoms with Gasteiger partial charge in [-0.15, -0.1) is 0 Å². The average Bonchev–Trinajstić information content (AvgIpc) is 2.49. The van der Waals surface area contributed by atoms with E-state index in [0.717, 1.165) is 18.4 Å². The highest BCUT2D eigenvalue weighted by Crippen LogP contribution is 2.07. The fraction of sp³-hybridized carbons (Fsp3) is 0.467. The second-order valence-corrected chi connectivity index (χ2v) is 5.03. The summed E-state index contributed by atoms with van der Waals surface area (Å²) >= 11 is 0. The number of benzene rings is 1. The largest absolute Gasteiger partial charge is 0.455 e. The van der Waals surface area contributed by atoms with Crippen LogP contribution in [-0.4, -0.2) is 37.7 Å². The second-order valence-electron chi connectivity index (χ2n) is 5.03. The molecule has 114 valence electrons. The SMILES string of the molecule is Nc1ccc(CC(=O)OCC(=O)NC2CCOCC2)cc1. The van der Waals surface area contributed by atoms with Crippen molar-refractivity contribution in [1.29, 1.82) is 0 Å². The van der Waals surface area contributed by atoms with E-state index in [2.05, 4.69) is 5.32 Å². The summed E-state index contributed by atoms with van der Waals surface area (Å²) in [6, 6.07) is 7.08. The topological polar surface area (TPSA) is 90.7 Å². The number of hydrogen-bond donors (Lipinski definition) is 2. The summed E-state index contributed by atoms with van der Waals surface area (Å²) in [5.41, 5.74) is 7.01. The number of nitrogens with one attached hydrogen (secondary N) is 1. The summed E-state index contributed by atoms with van der Waals surface area (Å²) in [5.74, 6) is -0.700. The molecule has 1 aliphatic heterocycles. The lowest BCUT2D eigenvalue weighted by Gasteiger charge is -2.22. The second kappa shape index (κ2) is 7.64. The first-order chi connectivity index (χ1) is 10.1. The van der Waals surface area contributed by atoms with Crippen molar-refractivity contribution in [3.8, 4) is 0 Å². The van der Waals surface area contributed by atoms with Gasteiger partial charge in [0.2, 0.25) is 0 Å². The molecule has 6 nitrogen and oxygen atoms in total. The normalized spacial score (nSPS) is 15.4. The van der Waals surface area contributed by atoms with Crippen molar-refractivity contribution in [2.24, 2.45) is 0 Å². The molecule has 1 saturated heterocycles. The zero-order valence-corrected chi connectivity index (χ0v) is 11.8. The molecular weight excluding hydrogens is 272 g/mol. The van der Waals surface area contributed by atoms with Gasteiger partial charge in [-0.25, -0.2) is 0 Å². The number of carbonyl (C=O) groups is 2. The van der Waals surface area contributed by atoms with Gasteiger partial charge in [0.1, 0.15) is 0 Å². The van der Waals surface area contributed by atoms with Crippen LogP contribution in [0.2, 0.25) is 0 Å². The molecule has 1 aromatic rings. The lowest BCUT2D eigenvalue weighted by Crippen LogP contribution is -2.41. The standard InChI is InChI=1S/C15H20N2O4/c16-12-3-1-11(2-4-12)9-15(19)21-10-14(18)17-13-5-7-20-8-6-13/h1-4,13H,5-10,16H2,(H,17,18). The van der Waals surface area contributed by atoms with Crippen molar-refractivity contribution in [3.05, 3.63) is 29.8 Å². The molecule has 21 heavy (non-hydrogen) atoms. The van der Waals surface area contributed by atoms with Crippen molar-refractivity contribution in [2.75, 3.05) is 25.6 Å². The molecule has 0 unspecified atom stereocenters. The van der Waals surface area contributed by atoms with Crippen LogP contribution in [0.15, 0.2) is 24.3 Å². The molecule has 1 aromatic carbocycles. The van der Waals surface area contributed by atoms with Gasteiger partial charge in [0, 0.05) is 24.9 Å². The molecule has 0 aromatic heterocycles. The maximum Gasteiger partial charge on any atom is 0.310 e. The minimum atomic E-state index is -0.429. The smallest absolute Gasteiger partial charge is 0.310 e. The summed E-state index contributed by atoms with van der Waals surface area (Å²) in [4.78, 5) is 23.3. The molecule has 1 aliphatic rings. The molecule has 0 spiro atoms. The molecule has 0 bridgehead atoms. The van der Waals surface area contributed by atoms with Gasteiger partial charge >= 0.3 is 5.97 Å². The Balaban J connectivity index is 1.68. The zero-order valence-electron chi connectivity index (χ0n) is 11.8. The fourth-order valence-corrected chi connectivity index (χ4v) is 2.11. The van der Waals surface area contributed by atoms with Crippen LogP contribution >= 0.6 is 0 Å². The number of nitrogen functional groups attached to an aromatic ring is 1. The van der Waals surface area contributed by atoms with Crippen LogP contribution in [0.25, 0.3) is 0 Å². The van der Waals surface area contributed by atoms with Crippen LogP contribution in [0.1, 0.15) is 18.4 Å². The van der Waals surface area contributed by atoms with E-state index in [4.69, 9.17) is 15.2 Å². The van der Waals surface area contributed by atoms with Crippen LogP contribution in [-0.2, 0) is 25.5 Å². The first-order valence-electron chi connectivity index (χ1n) is 7.00. The third-order valence-electron chi connectivity index (χ3n) is 3.28. The number of carbonyl (C=O) groups excluding carboxylic acids is 2. The highest BCUT2D eigenvalue weighted by Gasteiger charge is 2.17. The maximum atomic E-state index is 11.7. The molecule has 1 fully saturated rings. The molecule has 0 atom stereocenters. The minimum Gasteiger partial charge on any atom is -0.455 e. The summed E-state index contributed by atoms with van der Waals surface area (Å²) in [6.45, 7) is 1.06. The van der Waals surface area contributed by atoms with Crippen molar-refractivity contribution in [1.82, 2.24) is 5.32 Å². The molecule has 0 radical (unpaired) electrons. The van der Waals surface area contributed by atoms with E-state index >= 15 is 0 Å². The summed E-state index contributed by atoms with van der Waals surface area (Å²) in [5, 5.41) is 2.83. The number of ether oxygens (including phenoxy) is 2. The van der Waals surface area contributed by atoms with Crippen LogP contribution in [0.5, 0.6) is 0 Å². The molecule has 0 aliphatic carbocycles. The van der Waals surface area contributed by atoms with Crippen molar-refractivity contribution in [3.63, 3.8) is 0 Å². The van der Waals surface area contributed by atoms with Crippen molar-refractivity contribution < 1.29 is 19.1 Å². The van der Waals surface area contributed by atoms with Gasteiger partial charge in [-0.2, -0.15) is 0 Å². The van der Waals surface area contributed by atoms with Crippen LogP contribution in [0, 0.1) is 0 Å². The zero-order chi connectivity index (χ0) is 15.1. The van der Waals surface area contributed by atoms with E-state index in [0.29, 0.717) is 18.9 Å². The first kappa shape index (κ1) is 15.3. The van der Waals surface area contributed by atoms with E-state index in [-0.39, 0.29) is 25.0 Å². The molecular formula is C15H20N2O4. The number of anilines is 1. The van der Waals surface area contributed by atoms with Gasteiger partial charge in [0.05, 0.1) is 6.42 Å². The van der Waals surface area contributed by atoms with Gasteiger partial charge in [0.15, 0.2) is 6.61 Å². The van der Waals surface area contributed by atoms with Crippen molar-refractivity contribution >= 4 is 17.6 Å². The molecule has 6 heteroatoms. The third kappa shape index (κ3) is 5.43. The fourth-order valence-electron chi connectivity index (χ4n) is 2.11. The Morgan fingerprint density at radius 3 is 2.57 bits per heavy atom. The average molecular weight is 292 g/mol. The molecule has 3 N–H and O–H groups in total. The van der Waals surface area contributed by atoms with Gasteiger partial charge < -0.3 is 20.5 Å². The highest BCUT2D eigenvalue weighted by molar-refractivity contribution is 5.81. The van der Waals surface area contributed by atoms with E-state index in [1.165, 1.54) is 0 Å². The predicted octanol–water partition coefficient (Wildman–Crippen LogP) is 0.650. The number of rotatable bonds is 5. The molecule has 1 amide bonds. The monoisotopic (exact) mass is 292 g/mol. The van der Waals surface area contributed by atoms with E-state index in [1.807, 2.05) is 0 Å². The lowest BCUT2D eigenvalue weighted by molar-refractivity contribution is -0.148. The number of amides is 1. The molecule has 2 rings (SSSR count). The summed E-state index contributed by atoms with van der Waals surface area (Å²) < 4.78 is 10.2.